The Bertz CT molecular complexity index is 537. The molecular weight excluding hydrogens is 290 g/mol. The molecule has 0 aromatic heterocycles. The third-order valence-electron chi connectivity index (χ3n) is 2.89. The van der Waals surface area contributed by atoms with Gasteiger partial charge in [0, 0.05) is 6.54 Å². The van der Waals surface area contributed by atoms with Crippen molar-refractivity contribution < 1.29 is 17.9 Å². The zero-order chi connectivity index (χ0) is 15.7. The lowest BCUT2D eigenvalue weighted by atomic mass is 10.1. The Hall–Kier alpha value is -1.40. The normalized spacial score (nSPS) is 11.3. The molecular formula is C15H23NO4S. The number of benzene rings is 1. The third kappa shape index (κ3) is 7.24. The fraction of sp³-hybridized carbons (Fsp3) is 0.533. The fourth-order valence-corrected chi connectivity index (χ4v) is 3.00. The molecule has 0 saturated carbocycles. The predicted octanol–water partition coefficient (Wildman–Crippen LogP) is 2.01. The first-order valence-electron chi connectivity index (χ1n) is 7.17. The Labute approximate surface area is 126 Å². The second-order valence-corrected chi connectivity index (χ2v) is 6.61. The van der Waals surface area contributed by atoms with Crippen LogP contribution in [0.3, 0.4) is 0 Å². The van der Waals surface area contributed by atoms with Crippen molar-refractivity contribution >= 4 is 16.0 Å². The lowest BCUT2D eigenvalue weighted by Crippen LogP contribution is -2.26. The molecule has 1 aromatic carbocycles. The summed E-state index contributed by atoms with van der Waals surface area (Å²) in [6, 6.07) is 6.98. The molecule has 0 saturated heterocycles. The molecule has 0 unspecified atom stereocenters. The van der Waals surface area contributed by atoms with Gasteiger partial charge >= 0.3 is 5.97 Å². The van der Waals surface area contributed by atoms with Crippen LogP contribution in [-0.2, 0) is 31.7 Å². The molecule has 0 spiro atoms. The van der Waals surface area contributed by atoms with Crippen LogP contribution in [0.5, 0.6) is 0 Å². The summed E-state index contributed by atoms with van der Waals surface area (Å²) in [5.74, 6) is -0.324. The van der Waals surface area contributed by atoms with Gasteiger partial charge in [-0.2, -0.15) is 0 Å². The average Bonchev–Trinajstić information content (AvgIpc) is 2.41. The van der Waals surface area contributed by atoms with Crippen molar-refractivity contribution in [1.29, 1.82) is 0 Å². The maximum absolute atomic E-state index is 11.8. The number of nitrogens with one attached hydrogen (secondary N) is 1. The van der Waals surface area contributed by atoms with E-state index in [2.05, 4.69) is 4.72 Å². The number of carbonyl (C=O) groups excluding carboxylic acids is 1. The molecule has 0 aliphatic rings. The lowest BCUT2D eigenvalue weighted by molar-refractivity contribution is -0.142. The Kier molecular flexibility index (Phi) is 7.39. The van der Waals surface area contributed by atoms with Gasteiger partial charge in [-0.3, -0.25) is 4.79 Å². The summed E-state index contributed by atoms with van der Waals surface area (Å²) < 4.78 is 31.1. The smallest absolute Gasteiger partial charge is 0.310 e. The van der Waals surface area contributed by atoms with Gasteiger partial charge in [0.2, 0.25) is 10.0 Å². The minimum Gasteiger partial charge on any atom is -0.466 e. The van der Waals surface area contributed by atoms with E-state index in [-0.39, 0.29) is 18.1 Å². The van der Waals surface area contributed by atoms with E-state index in [0.717, 1.165) is 18.4 Å². The van der Waals surface area contributed by atoms with Gasteiger partial charge in [-0.25, -0.2) is 13.1 Å². The molecule has 1 aromatic rings. The number of hydrogen-bond donors (Lipinski definition) is 1. The highest BCUT2D eigenvalue weighted by atomic mass is 32.2. The van der Waals surface area contributed by atoms with E-state index < -0.39 is 10.0 Å². The molecule has 21 heavy (non-hydrogen) atoms. The first-order valence-corrected chi connectivity index (χ1v) is 8.83. The minimum atomic E-state index is -3.29. The quantitative estimate of drug-likeness (QED) is 0.559. The van der Waals surface area contributed by atoms with Crippen LogP contribution in [0.25, 0.3) is 0 Å². The summed E-state index contributed by atoms with van der Waals surface area (Å²) in [5.41, 5.74) is 1.51. The highest BCUT2D eigenvalue weighted by molar-refractivity contribution is 7.88. The van der Waals surface area contributed by atoms with Gasteiger partial charge in [-0.05, 0) is 24.5 Å². The Balaban J connectivity index is 2.56. The summed E-state index contributed by atoms with van der Waals surface area (Å²) in [4.78, 5) is 11.3. The summed E-state index contributed by atoms with van der Waals surface area (Å²) in [6.45, 7) is 4.60. The van der Waals surface area contributed by atoms with Crippen molar-refractivity contribution in [3.8, 4) is 0 Å². The summed E-state index contributed by atoms with van der Waals surface area (Å²) in [7, 11) is -3.29. The van der Waals surface area contributed by atoms with Gasteiger partial charge in [0.15, 0.2) is 0 Å². The monoisotopic (exact) mass is 313 g/mol. The van der Waals surface area contributed by atoms with Gasteiger partial charge in [0.1, 0.15) is 0 Å². The van der Waals surface area contributed by atoms with Crippen LogP contribution in [0.1, 0.15) is 37.8 Å². The number of rotatable bonds is 9. The number of hydrogen-bond acceptors (Lipinski definition) is 4. The number of unbranched alkanes of at least 4 members (excludes halogenated alkanes) is 1. The number of esters is 1. The largest absolute Gasteiger partial charge is 0.466 e. The van der Waals surface area contributed by atoms with E-state index in [1.165, 1.54) is 0 Å². The van der Waals surface area contributed by atoms with Crippen LogP contribution in [0, 0.1) is 0 Å². The van der Waals surface area contributed by atoms with E-state index >= 15 is 0 Å². The highest BCUT2D eigenvalue weighted by Crippen LogP contribution is 2.09. The average molecular weight is 313 g/mol. The Morgan fingerprint density at radius 3 is 2.33 bits per heavy atom. The molecule has 0 amide bonds. The van der Waals surface area contributed by atoms with E-state index in [0.29, 0.717) is 18.7 Å². The molecule has 118 valence electrons. The van der Waals surface area contributed by atoms with Gasteiger partial charge in [0.25, 0.3) is 0 Å². The molecule has 5 nitrogen and oxygen atoms in total. The number of carbonyl (C=O) groups is 1. The first kappa shape index (κ1) is 17.7. The van der Waals surface area contributed by atoms with Crippen LogP contribution in [0.15, 0.2) is 24.3 Å². The van der Waals surface area contributed by atoms with E-state index in [1.54, 1.807) is 31.2 Å². The molecule has 0 bridgehead atoms. The zero-order valence-corrected chi connectivity index (χ0v) is 13.4. The van der Waals surface area contributed by atoms with Gasteiger partial charge < -0.3 is 4.74 Å². The van der Waals surface area contributed by atoms with Crippen molar-refractivity contribution in [1.82, 2.24) is 4.72 Å². The predicted molar refractivity (Wildman–Crippen MR) is 82.3 cm³/mol. The maximum atomic E-state index is 11.8. The van der Waals surface area contributed by atoms with Crippen LogP contribution in [0.2, 0.25) is 0 Å². The standard InChI is InChI=1S/C15H23NO4S/c1-3-5-10-16-21(18,19)12-14-8-6-13(7-9-14)11-15(17)20-4-2/h6-9,16H,3-5,10-12H2,1-2H3. The van der Waals surface area contributed by atoms with Crippen molar-refractivity contribution in [3.63, 3.8) is 0 Å². The molecule has 6 heteroatoms. The van der Waals surface area contributed by atoms with E-state index in [9.17, 15) is 13.2 Å². The zero-order valence-electron chi connectivity index (χ0n) is 12.6. The SMILES string of the molecule is CCCCNS(=O)(=O)Cc1ccc(CC(=O)OCC)cc1. The molecule has 0 atom stereocenters. The van der Waals surface area contributed by atoms with Crippen LogP contribution in [-0.4, -0.2) is 27.5 Å². The third-order valence-corrected chi connectivity index (χ3v) is 4.24. The minimum absolute atomic E-state index is 0.0452. The molecule has 0 radical (unpaired) electrons. The van der Waals surface area contributed by atoms with E-state index in [1.807, 2.05) is 6.92 Å². The van der Waals surface area contributed by atoms with Crippen molar-refractivity contribution in [2.24, 2.45) is 0 Å². The molecule has 0 aliphatic carbocycles. The van der Waals surface area contributed by atoms with Crippen molar-refractivity contribution in [2.45, 2.75) is 38.9 Å². The topological polar surface area (TPSA) is 72.5 Å². The van der Waals surface area contributed by atoms with Gasteiger partial charge in [0.05, 0.1) is 18.8 Å². The second kappa shape index (κ2) is 8.79. The Morgan fingerprint density at radius 1 is 1.14 bits per heavy atom. The highest BCUT2D eigenvalue weighted by Gasteiger charge is 2.11. The van der Waals surface area contributed by atoms with Gasteiger partial charge in [-0.15, -0.1) is 0 Å². The molecule has 0 aliphatic heterocycles. The number of sulfonamides is 1. The maximum Gasteiger partial charge on any atom is 0.310 e. The van der Waals surface area contributed by atoms with E-state index in [4.69, 9.17) is 4.74 Å². The Morgan fingerprint density at radius 2 is 1.76 bits per heavy atom. The second-order valence-electron chi connectivity index (χ2n) is 4.81. The van der Waals surface area contributed by atoms with Crippen LogP contribution < -0.4 is 4.72 Å². The van der Waals surface area contributed by atoms with Gasteiger partial charge in [-0.1, -0.05) is 37.6 Å². The van der Waals surface area contributed by atoms with Crippen LogP contribution >= 0.6 is 0 Å². The summed E-state index contributed by atoms with van der Waals surface area (Å²) in [5, 5.41) is 0. The summed E-state index contributed by atoms with van der Waals surface area (Å²) in [6.07, 6.45) is 1.98. The molecule has 1 N–H and O–H groups in total. The molecule has 1 rings (SSSR count). The molecule has 0 heterocycles. The molecule has 0 fully saturated rings. The first-order chi connectivity index (χ1) is 9.96. The van der Waals surface area contributed by atoms with Crippen LogP contribution in [0.4, 0.5) is 0 Å². The summed E-state index contributed by atoms with van der Waals surface area (Å²) >= 11 is 0. The number of ether oxygens (including phenoxy) is 1. The van der Waals surface area contributed by atoms with Crippen molar-refractivity contribution in [3.05, 3.63) is 35.4 Å². The fourth-order valence-electron chi connectivity index (χ4n) is 1.81. The van der Waals surface area contributed by atoms with Crippen molar-refractivity contribution in [2.75, 3.05) is 13.2 Å². The lowest BCUT2D eigenvalue weighted by Gasteiger charge is -2.07.